The maximum absolute atomic E-state index is 5.51. The smallest absolute Gasteiger partial charge is 0.160 e. The van der Waals surface area contributed by atoms with Crippen LogP contribution in [0.3, 0.4) is 0 Å². The predicted octanol–water partition coefficient (Wildman–Crippen LogP) is 19.1. The van der Waals surface area contributed by atoms with Crippen molar-refractivity contribution in [2.24, 2.45) is 15.9 Å². The van der Waals surface area contributed by atoms with E-state index in [1.165, 1.54) is 61.2 Å². The van der Waals surface area contributed by atoms with Crippen molar-refractivity contribution in [1.29, 1.82) is 0 Å². The van der Waals surface area contributed by atoms with E-state index in [1.807, 2.05) is 6.07 Å². The van der Waals surface area contributed by atoms with Crippen LogP contribution in [0.5, 0.6) is 0 Å². The van der Waals surface area contributed by atoms with E-state index in [4.69, 9.17) is 16.6 Å². The van der Waals surface area contributed by atoms with Crippen LogP contribution in [0.4, 0.5) is 0 Å². The molecule has 0 bridgehead atoms. The number of hydrogen-bond donors (Lipinski definition) is 0. The molecule has 0 aromatic heterocycles. The fraction of sp³-hybridized carbons (Fsp3) is 0.0833. The Labute approximate surface area is 437 Å². The Kier molecular flexibility index (Phi) is 13.9. The molecule has 9 aromatic carbocycles. The van der Waals surface area contributed by atoms with E-state index in [9.17, 15) is 0 Å². The van der Waals surface area contributed by atoms with Crippen molar-refractivity contribution in [2.75, 3.05) is 0 Å². The fourth-order valence-corrected chi connectivity index (χ4v) is 10.5. The van der Waals surface area contributed by atoms with Crippen LogP contribution in [-0.2, 0) is 0 Å². The SMILES string of the molecule is C=C(N=C(N=C(C)c1ccccc1)c1ccccc1-c1cccc(-c2cc(-c3ccccc3)cc(-c3ccccc3)c2)c1)C1=C(c2cccc(-c3cc(-c4ccccc4)cc(C4C=CC=CC4)c3)c2)C(C)CC=C1. The van der Waals surface area contributed by atoms with Crippen LogP contribution >= 0.6 is 0 Å². The molecule has 0 amide bonds. The van der Waals surface area contributed by atoms with Gasteiger partial charge < -0.3 is 0 Å². The molecule has 0 saturated carbocycles. The Bertz CT molecular complexity index is 3620. The normalized spacial score (nSPS) is 15.6. The first-order valence-corrected chi connectivity index (χ1v) is 25.8. The molecule has 0 fully saturated rings. The third-order valence-corrected chi connectivity index (χ3v) is 14.4. The number of allylic oxidation sites excluding steroid dienone is 7. The number of amidine groups is 1. The van der Waals surface area contributed by atoms with E-state index in [0.29, 0.717) is 17.5 Å². The standard InChI is InChI=1S/C72H58N2/c1-50-24-21-41-68(71(50)61-38-23-36-59(43-61)67-48-64(56-31-15-7-16-32-56)45-65(49-67)57-33-17-8-18-34-57)52(3)74-72(73-51(2)53-25-9-4-10-26-53)70-40-20-19-39-69(70)60-37-22-35-58(42-60)66-46-62(54-27-11-5-12-28-54)44-63(47-66)55-29-13-6-14-30-55/h4-23,25-33,35-50,57H,3,24,34H2,1-2H3. The van der Waals surface area contributed by atoms with Crippen LogP contribution in [0, 0.1) is 5.92 Å². The molecule has 2 heteroatoms. The highest BCUT2D eigenvalue weighted by atomic mass is 14.9. The molecule has 0 saturated heterocycles. The molecule has 0 aliphatic heterocycles. The first-order valence-electron chi connectivity index (χ1n) is 25.8. The van der Waals surface area contributed by atoms with Gasteiger partial charge in [0.2, 0.25) is 0 Å². The summed E-state index contributed by atoms with van der Waals surface area (Å²) in [4.78, 5) is 10.9. The van der Waals surface area contributed by atoms with Gasteiger partial charge in [0.05, 0.1) is 5.70 Å². The van der Waals surface area contributed by atoms with Crippen LogP contribution < -0.4 is 0 Å². The van der Waals surface area contributed by atoms with Crippen molar-refractivity contribution < 1.29 is 0 Å². The quantitative estimate of drug-likeness (QED) is 0.0861. The van der Waals surface area contributed by atoms with Gasteiger partial charge in [-0.1, -0.05) is 244 Å². The van der Waals surface area contributed by atoms with E-state index in [0.717, 1.165) is 57.5 Å². The first kappa shape index (κ1) is 47.4. The van der Waals surface area contributed by atoms with Gasteiger partial charge in [0, 0.05) is 22.8 Å². The Morgan fingerprint density at radius 2 is 0.905 bits per heavy atom. The Morgan fingerprint density at radius 3 is 1.50 bits per heavy atom. The molecule has 11 rings (SSSR count). The zero-order valence-electron chi connectivity index (χ0n) is 42.1. The minimum Gasteiger partial charge on any atom is -0.233 e. The van der Waals surface area contributed by atoms with E-state index < -0.39 is 0 Å². The van der Waals surface area contributed by atoms with Gasteiger partial charge in [-0.05, 0) is 151 Å². The Morgan fingerprint density at radius 1 is 0.432 bits per heavy atom. The number of nitrogens with zero attached hydrogens (tertiary/aromatic N) is 2. The van der Waals surface area contributed by atoms with Gasteiger partial charge in [0.15, 0.2) is 5.84 Å². The van der Waals surface area contributed by atoms with Gasteiger partial charge in [-0.15, -0.1) is 0 Å². The summed E-state index contributed by atoms with van der Waals surface area (Å²) in [6.45, 7) is 9.15. The molecular formula is C72H58N2. The van der Waals surface area contributed by atoms with Gasteiger partial charge in [0.25, 0.3) is 0 Å². The van der Waals surface area contributed by atoms with Crippen LogP contribution in [0.25, 0.3) is 72.3 Å². The van der Waals surface area contributed by atoms with Crippen LogP contribution in [0.15, 0.2) is 295 Å². The second-order valence-corrected chi connectivity index (χ2v) is 19.4. The topological polar surface area (TPSA) is 24.7 Å². The molecule has 2 aliphatic carbocycles. The lowest BCUT2D eigenvalue weighted by atomic mass is 9.82. The number of rotatable bonds is 12. The number of benzene rings is 9. The maximum Gasteiger partial charge on any atom is 0.160 e. The van der Waals surface area contributed by atoms with Crippen molar-refractivity contribution in [2.45, 2.75) is 32.6 Å². The average molecular weight is 951 g/mol. The molecule has 2 nitrogen and oxygen atoms in total. The summed E-state index contributed by atoms with van der Waals surface area (Å²) in [5, 5.41) is 0. The molecule has 0 heterocycles. The second kappa shape index (κ2) is 21.8. The van der Waals surface area contributed by atoms with Gasteiger partial charge in [-0.2, -0.15) is 0 Å². The van der Waals surface area contributed by atoms with Gasteiger partial charge in [-0.3, -0.25) is 0 Å². The monoisotopic (exact) mass is 950 g/mol. The highest BCUT2D eigenvalue weighted by Crippen LogP contribution is 2.41. The molecule has 0 spiro atoms. The zero-order chi connectivity index (χ0) is 50.2. The van der Waals surface area contributed by atoms with E-state index in [1.54, 1.807) is 0 Å². The zero-order valence-corrected chi connectivity index (χ0v) is 42.1. The summed E-state index contributed by atoms with van der Waals surface area (Å²) < 4.78 is 0. The minimum atomic E-state index is 0.235. The average Bonchev–Trinajstić information content (AvgIpc) is 3.48. The second-order valence-electron chi connectivity index (χ2n) is 19.4. The van der Waals surface area contributed by atoms with Crippen molar-refractivity contribution in [3.8, 4) is 66.8 Å². The molecule has 0 N–H and O–H groups in total. The lowest BCUT2D eigenvalue weighted by Gasteiger charge is -2.24. The van der Waals surface area contributed by atoms with E-state index in [2.05, 4.69) is 275 Å². The molecule has 356 valence electrons. The Hall–Kier alpha value is -8.98. The highest BCUT2D eigenvalue weighted by Gasteiger charge is 2.22. The summed E-state index contributed by atoms with van der Waals surface area (Å²) in [5.74, 6) is 1.17. The third kappa shape index (κ3) is 10.5. The molecule has 2 unspecified atom stereocenters. The molecule has 74 heavy (non-hydrogen) atoms. The third-order valence-electron chi connectivity index (χ3n) is 14.4. The fourth-order valence-electron chi connectivity index (χ4n) is 10.5. The summed E-state index contributed by atoms with van der Waals surface area (Å²) >= 11 is 0. The van der Waals surface area contributed by atoms with Crippen molar-refractivity contribution >= 4 is 17.1 Å². The molecule has 9 aromatic rings. The predicted molar refractivity (Wildman–Crippen MR) is 315 cm³/mol. The summed E-state index contributed by atoms with van der Waals surface area (Å²) in [6.07, 6.45) is 15.3. The summed E-state index contributed by atoms with van der Waals surface area (Å²) in [6, 6.07) is 82.9. The first-order chi connectivity index (χ1) is 36.4. The molecule has 2 atom stereocenters. The molecular weight excluding hydrogens is 893 g/mol. The van der Waals surface area contributed by atoms with Gasteiger partial charge in [0.1, 0.15) is 0 Å². The van der Waals surface area contributed by atoms with Crippen LogP contribution in [-0.4, -0.2) is 11.5 Å². The lowest BCUT2D eigenvalue weighted by molar-refractivity contribution is 0.753. The maximum atomic E-state index is 5.51. The van der Waals surface area contributed by atoms with Crippen molar-refractivity contribution in [3.63, 3.8) is 0 Å². The van der Waals surface area contributed by atoms with Gasteiger partial charge >= 0.3 is 0 Å². The van der Waals surface area contributed by atoms with Crippen molar-refractivity contribution in [1.82, 2.24) is 0 Å². The van der Waals surface area contributed by atoms with Crippen LogP contribution in [0.1, 0.15) is 54.9 Å². The largest absolute Gasteiger partial charge is 0.233 e. The molecule has 0 radical (unpaired) electrons. The summed E-state index contributed by atoms with van der Waals surface area (Å²) in [7, 11) is 0. The van der Waals surface area contributed by atoms with Crippen LogP contribution in [0.2, 0.25) is 0 Å². The lowest BCUT2D eigenvalue weighted by Crippen LogP contribution is -2.09. The minimum absolute atomic E-state index is 0.235. The number of hydrogen-bond acceptors (Lipinski definition) is 1. The highest BCUT2D eigenvalue weighted by molar-refractivity contribution is 6.14. The van der Waals surface area contributed by atoms with Crippen molar-refractivity contribution in [3.05, 3.63) is 307 Å². The molecule has 2 aliphatic rings. The van der Waals surface area contributed by atoms with Gasteiger partial charge in [-0.25, -0.2) is 9.98 Å². The Balaban J connectivity index is 1.01. The van der Waals surface area contributed by atoms with E-state index >= 15 is 0 Å². The van der Waals surface area contributed by atoms with E-state index in [-0.39, 0.29) is 5.92 Å². The number of aliphatic imine (C=N–C) groups is 2. The summed E-state index contributed by atoms with van der Waals surface area (Å²) in [5.41, 5.74) is 22.2.